The van der Waals surface area contributed by atoms with Gasteiger partial charge in [-0.05, 0) is 74.8 Å². The number of likely N-dealkylation sites (tertiary alicyclic amines) is 1. The molecule has 1 aliphatic carbocycles. The van der Waals surface area contributed by atoms with E-state index in [0.717, 1.165) is 59.6 Å². The lowest BCUT2D eigenvalue weighted by Crippen LogP contribution is -2.29. The molecule has 1 N–H and O–H groups in total. The zero-order valence-electron chi connectivity index (χ0n) is 19.7. The number of rotatable bonds is 5. The molecule has 174 valence electrons. The first-order chi connectivity index (χ1) is 16.0. The molecular formula is C25H32N6OS. The van der Waals surface area contributed by atoms with Gasteiger partial charge in [0.05, 0.1) is 9.58 Å². The molecule has 33 heavy (non-hydrogen) atoms. The van der Waals surface area contributed by atoms with Crippen LogP contribution in [-0.4, -0.2) is 64.9 Å². The van der Waals surface area contributed by atoms with Gasteiger partial charge in [-0.1, -0.05) is 12.8 Å². The van der Waals surface area contributed by atoms with Crippen molar-refractivity contribution in [2.24, 2.45) is 0 Å². The van der Waals surface area contributed by atoms with E-state index in [9.17, 15) is 4.79 Å². The molecule has 1 amide bonds. The number of aromatic nitrogens is 3. The summed E-state index contributed by atoms with van der Waals surface area (Å²) in [5, 5.41) is 4.42. The molecule has 0 radical (unpaired) electrons. The molecule has 3 aromatic rings. The van der Waals surface area contributed by atoms with Crippen LogP contribution in [0.3, 0.4) is 0 Å². The molecule has 1 aliphatic heterocycles. The zero-order valence-corrected chi connectivity index (χ0v) is 20.5. The van der Waals surface area contributed by atoms with Crippen molar-refractivity contribution in [2.45, 2.75) is 50.4 Å². The number of piperidine rings is 1. The van der Waals surface area contributed by atoms with Crippen molar-refractivity contribution in [1.29, 1.82) is 0 Å². The summed E-state index contributed by atoms with van der Waals surface area (Å²) in [5.41, 5.74) is 2.42. The molecular weight excluding hydrogens is 432 g/mol. The van der Waals surface area contributed by atoms with E-state index in [2.05, 4.69) is 38.3 Å². The second-order valence-corrected chi connectivity index (χ2v) is 10.7. The number of thiophene rings is 1. The highest BCUT2D eigenvalue weighted by Gasteiger charge is 2.28. The van der Waals surface area contributed by atoms with E-state index < -0.39 is 0 Å². The Morgan fingerprint density at radius 2 is 1.73 bits per heavy atom. The van der Waals surface area contributed by atoms with E-state index in [1.165, 1.54) is 24.0 Å². The average molecular weight is 465 g/mol. The van der Waals surface area contributed by atoms with Crippen LogP contribution in [-0.2, 0) is 0 Å². The van der Waals surface area contributed by atoms with Crippen molar-refractivity contribution in [3.63, 3.8) is 0 Å². The largest absolute Gasteiger partial charge is 0.344 e. The smallest absolute Gasteiger partial charge is 0.263 e. The van der Waals surface area contributed by atoms with Gasteiger partial charge < -0.3 is 15.1 Å². The number of pyridine rings is 1. The molecule has 3 aromatic heterocycles. The van der Waals surface area contributed by atoms with Gasteiger partial charge >= 0.3 is 0 Å². The zero-order chi connectivity index (χ0) is 22.9. The number of hydrogen-bond donors (Lipinski definition) is 1. The maximum atomic E-state index is 12.9. The van der Waals surface area contributed by atoms with E-state index in [-0.39, 0.29) is 5.91 Å². The van der Waals surface area contributed by atoms with Crippen LogP contribution < -0.4 is 5.32 Å². The minimum absolute atomic E-state index is 0.0837. The summed E-state index contributed by atoms with van der Waals surface area (Å²) in [5.74, 6) is 2.34. The van der Waals surface area contributed by atoms with E-state index >= 15 is 0 Å². The van der Waals surface area contributed by atoms with Crippen molar-refractivity contribution in [3.05, 3.63) is 40.7 Å². The third kappa shape index (κ3) is 4.59. The quantitative estimate of drug-likeness (QED) is 0.573. The van der Waals surface area contributed by atoms with E-state index in [1.54, 1.807) is 16.2 Å². The molecule has 0 atom stereocenters. The molecule has 2 fully saturated rings. The standard InChI is InChI=1S/C25H32N6OS/c1-30(2)24(32)23-22(17-6-4-5-7-17)19-12-21(26-15-20(19)33-23)29-25-27-13-18(14-28-25)16-8-10-31(3)11-9-16/h12-17H,4-11H2,1-3H3,(H,26,27,28,29). The van der Waals surface area contributed by atoms with Crippen molar-refractivity contribution in [1.82, 2.24) is 24.8 Å². The van der Waals surface area contributed by atoms with Crippen LogP contribution in [0.25, 0.3) is 10.1 Å². The highest BCUT2D eigenvalue weighted by Crippen LogP contribution is 2.44. The predicted octanol–water partition coefficient (Wildman–Crippen LogP) is 5.00. The van der Waals surface area contributed by atoms with Crippen molar-refractivity contribution >= 4 is 39.1 Å². The Hall–Kier alpha value is -2.58. The van der Waals surface area contributed by atoms with E-state index in [1.807, 2.05) is 32.7 Å². The van der Waals surface area contributed by atoms with Crippen LogP contribution in [0.15, 0.2) is 24.7 Å². The topological polar surface area (TPSA) is 74.2 Å². The van der Waals surface area contributed by atoms with Crippen LogP contribution in [0.1, 0.15) is 71.2 Å². The van der Waals surface area contributed by atoms with Gasteiger partial charge in [0.1, 0.15) is 5.82 Å². The molecule has 5 rings (SSSR count). The molecule has 1 saturated heterocycles. The molecule has 0 aromatic carbocycles. The summed E-state index contributed by atoms with van der Waals surface area (Å²) in [6.45, 7) is 2.24. The Morgan fingerprint density at radius 1 is 1.03 bits per heavy atom. The number of carbonyl (C=O) groups is 1. The lowest BCUT2D eigenvalue weighted by Gasteiger charge is -2.28. The minimum atomic E-state index is 0.0837. The highest BCUT2D eigenvalue weighted by atomic mass is 32.1. The first kappa shape index (κ1) is 22.2. The maximum absolute atomic E-state index is 12.9. The predicted molar refractivity (Wildman–Crippen MR) is 134 cm³/mol. The van der Waals surface area contributed by atoms with Gasteiger partial charge in [0.25, 0.3) is 5.91 Å². The van der Waals surface area contributed by atoms with Crippen LogP contribution in [0.5, 0.6) is 0 Å². The fourth-order valence-corrected chi connectivity index (χ4v) is 6.40. The van der Waals surface area contributed by atoms with Gasteiger partial charge in [0.15, 0.2) is 0 Å². The number of hydrogen-bond acceptors (Lipinski definition) is 7. The fourth-order valence-electron chi connectivity index (χ4n) is 5.14. The highest BCUT2D eigenvalue weighted by molar-refractivity contribution is 7.21. The normalized spacial score (nSPS) is 18.2. The van der Waals surface area contributed by atoms with Crippen LogP contribution in [0.2, 0.25) is 0 Å². The second-order valence-electron chi connectivity index (χ2n) is 9.63. The first-order valence-corrected chi connectivity index (χ1v) is 12.7. The van der Waals surface area contributed by atoms with Gasteiger partial charge in [0, 0.05) is 38.1 Å². The molecule has 4 heterocycles. The lowest BCUT2D eigenvalue weighted by atomic mass is 9.92. The molecule has 7 nitrogen and oxygen atoms in total. The Balaban J connectivity index is 1.41. The van der Waals surface area contributed by atoms with E-state index in [0.29, 0.717) is 17.8 Å². The number of nitrogens with one attached hydrogen (secondary N) is 1. The van der Waals surface area contributed by atoms with Crippen LogP contribution in [0.4, 0.5) is 11.8 Å². The number of nitrogens with zero attached hydrogens (tertiary/aromatic N) is 5. The van der Waals surface area contributed by atoms with E-state index in [4.69, 9.17) is 0 Å². The Labute approximate surface area is 199 Å². The van der Waals surface area contributed by atoms with Crippen LogP contribution >= 0.6 is 11.3 Å². The van der Waals surface area contributed by atoms with Gasteiger partial charge in [-0.25, -0.2) is 15.0 Å². The molecule has 0 spiro atoms. The number of amides is 1. The lowest BCUT2D eigenvalue weighted by molar-refractivity contribution is 0.0831. The Bertz CT molecular complexity index is 1130. The summed E-state index contributed by atoms with van der Waals surface area (Å²) in [6.07, 6.45) is 12.8. The summed E-state index contributed by atoms with van der Waals surface area (Å²) >= 11 is 1.56. The van der Waals surface area contributed by atoms with Gasteiger partial charge in [0.2, 0.25) is 5.95 Å². The van der Waals surface area contributed by atoms with Gasteiger partial charge in [-0.3, -0.25) is 4.79 Å². The first-order valence-electron chi connectivity index (χ1n) is 11.9. The van der Waals surface area contributed by atoms with Crippen LogP contribution in [0, 0.1) is 0 Å². The molecule has 1 saturated carbocycles. The van der Waals surface area contributed by atoms with Gasteiger partial charge in [-0.15, -0.1) is 11.3 Å². The number of fused-ring (bicyclic) bond motifs is 1. The summed E-state index contributed by atoms with van der Waals surface area (Å²) in [7, 11) is 5.82. The summed E-state index contributed by atoms with van der Waals surface area (Å²) in [4.78, 5) is 31.6. The van der Waals surface area contributed by atoms with Crippen molar-refractivity contribution in [2.75, 3.05) is 39.5 Å². The molecule has 2 aliphatic rings. The number of carbonyl (C=O) groups excluding carboxylic acids is 1. The number of anilines is 2. The Kier molecular flexibility index (Phi) is 6.29. The third-order valence-electron chi connectivity index (χ3n) is 7.08. The Morgan fingerprint density at radius 3 is 2.39 bits per heavy atom. The molecule has 0 unspecified atom stereocenters. The minimum Gasteiger partial charge on any atom is -0.344 e. The van der Waals surface area contributed by atoms with Crippen molar-refractivity contribution in [3.8, 4) is 0 Å². The average Bonchev–Trinajstić information content (AvgIpc) is 3.47. The maximum Gasteiger partial charge on any atom is 0.263 e. The third-order valence-corrected chi connectivity index (χ3v) is 8.22. The second kappa shape index (κ2) is 9.35. The molecule has 0 bridgehead atoms. The fraction of sp³-hybridized carbons (Fsp3) is 0.520. The summed E-state index contributed by atoms with van der Waals surface area (Å²) in [6, 6.07) is 2.07. The monoisotopic (exact) mass is 464 g/mol. The molecule has 8 heteroatoms. The summed E-state index contributed by atoms with van der Waals surface area (Å²) < 4.78 is 1.06. The van der Waals surface area contributed by atoms with Crippen molar-refractivity contribution < 1.29 is 4.79 Å². The van der Waals surface area contributed by atoms with Gasteiger partial charge in [-0.2, -0.15) is 0 Å². The SMILES string of the molecule is CN1CCC(c2cnc(Nc3cc4c(C5CCCC5)c(C(=O)N(C)C)sc4cn3)nc2)CC1.